The van der Waals surface area contributed by atoms with E-state index in [4.69, 9.17) is 0 Å². The monoisotopic (exact) mass is 168 g/mol. The van der Waals surface area contributed by atoms with Crippen molar-refractivity contribution < 1.29 is 4.79 Å². The van der Waals surface area contributed by atoms with Gasteiger partial charge >= 0.3 is 0 Å². The lowest BCUT2D eigenvalue weighted by Gasteiger charge is -2.30. The number of rotatable bonds is 3. The van der Waals surface area contributed by atoms with E-state index in [2.05, 4.69) is 13.8 Å². The molecular formula is C11H20O. The Hall–Kier alpha value is -0.330. The van der Waals surface area contributed by atoms with E-state index in [-0.39, 0.29) is 0 Å². The molecule has 12 heavy (non-hydrogen) atoms. The topological polar surface area (TPSA) is 17.1 Å². The van der Waals surface area contributed by atoms with Crippen molar-refractivity contribution in [1.29, 1.82) is 0 Å². The van der Waals surface area contributed by atoms with Crippen molar-refractivity contribution in [2.45, 2.75) is 46.0 Å². The van der Waals surface area contributed by atoms with Crippen LogP contribution in [0.1, 0.15) is 46.0 Å². The van der Waals surface area contributed by atoms with Crippen LogP contribution in [0.4, 0.5) is 0 Å². The zero-order valence-electron chi connectivity index (χ0n) is 8.25. The first-order chi connectivity index (χ1) is 5.74. The zero-order valence-corrected chi connectivity index (χ0v) is 8.25. The highest BCUT2D eigenvalue weighted by Gasteiger charge is 2.23. The molecule has 1 fully saturated rings. The second-order valence-corrected chi connectivity index (χ2v) is 4.44. The summed E-state index contributed by atoms with van der Waals surface area (Å²) in [6, 6.07) is 0. The Labute approximate surface area is 75.5 Å². The summed E-state index contributed by atoms with van der Waals surface area (Å²) in [6.07, 6.45) is 7.17. The first kappa shape index (κ1) is 9.76. The smallest absolute Gasteiger partial charge is 0.120 e. The summed E-state index contributed by atoms with van der Waals surface area (Å²) in [4.78, 5) is 10.3. The molecule has 0 N–H and O–H groups in total. The quantitative estimate of drug-likeness (QED) is 0.592. The van der Waals surface area contributed by atoms with Crippen LogP contribution in [-0.4, -0.2) is 6.29 Å². The summed E-state index contributed by atoms with van der Waals surface area (Å²) in [5, 5.41) is 0. The largest absolute Gasteiger partial charge is 0.303 e. The van der Waals surface area contributed by atoms with E-state index in [1.807, 2.05) is 0 Å². The van der Waals surface area contributed by atoms with Gasteiger partial charge in [-0.1, -0.05) is 33.1 Å². The normalized spacial score (nSPS) is 30.6. The molecule has 1 rings (SSSR count). The van der Waals surface area contributed by atoms with E-state index < -0.39 is 0 Å². The molecule has 0 spiro atoms. The van der Waals surface area contributed by atoms with Crippen LogP contribution in [0.15, 0.2) is 0 Å². The standard InChI is InChI=1S/C11H20O/c1-9(2)11-5-3-4-10(8-11)6-7-12/h7,9-11H,3-6,8H2,1-2H3. The molecule has 0 aromatic carbocycles. The molecule has 0 heterocycles. The average molecular weight is 168 g/mol. The Balaban J connectivity index is 2.34. The summed E-state index contributed by atoms with van der Waals surface area (Å²) < 4.78 is 0. The molecule has 0 amide bonds. The van der Waals surface area contributed by atoms with Crippen LogP contribution in [0.2, 0.25) is 0 Å². The molecule has 2 unspecified atom stereocenters. The van der Waals surface area contributed by atoms with Gasteiger partial charge in [0.25, 0.3) is 0 Å². The van der Waals surface area contributed by atoms with E-state index >= 15 is 0 Å². The van der Waals surface area contributed by atoms with Crippen LogP contribution in [0, 0.1) is 17.8 Å². The van der Waals surface area contributed by atoms with Gasteiger partial charge in [-0.05, 0) is 24.2 Å². The number of carbonyl (C=O) groups excluding carboxylic acids is 1. The van der Waals surface area contributed by atoms with Crippen LogP contribution in [0.5, 0.6) is 0 Å². The molecule has 70 valence electrons. The van der Waals surface area contributed by atoms with Crippen molar-refractivity contribution in [3.05, 3.63) is 0 Å². The molecule has 1 nitrogen and oxygen atoms in total. The van der Waals surface area contributed by atoms with Gasteiger partial charge in [0, 0.05) is 6.42 Å². The summed E-state index contributed by atoms with van der Waals surface area (Å²) in [5.74, 6) is 2.38. The third-order valence-corrected chi connectivity index (χ3v) is 3.20. The molecule has 0 bridgehead atoms. The van der Waals surface area contributed by atoms with Gasteiger partial charge in [-0.2, -0.15) is 0 Å². The minimum atomic E-state index is 0.698. The number of aldehydes is 1. The van der Waals surface area contributed by atoms with E-state index in [1.165, 1.54) is 25.7 Å². The van der Waals surface area contributed by atoms with Crippen molar-refractivity contribution in [3.8, 4) is 0 Å². The van der Waals surface area contributed by atoms with Crippen LogP contribution >= 0.6 is 0 Å². The summed E-state index contributed by atoms with van der Waals surface area (Å²) >= 11 is 0. The SMILES string of the molecule is CC(C)C1CCCC(CC=O)C1. The highest BCUT2D eigenvalue weighted by atomic mass is 16.1. The average Bonchev–Trinajstić information content (AvgIpc) is 2.05. The molecule has 2 atom stereocenters. The molecule has 1 aliphatic rings. The molecule has 0 aromatic heterocycles. The zero-order chi connectivity index (χ0) is 8.97. The van der Waals surface area contributed by atoms with Crippen molar-refractivity contribution >= 4 is 6.29 Å². The van der Waals surface area contributed by atoms with E-state index in [1.54, 1.807) is 0 Å². The minimum Gasteiger partial charge on any atom is -0.303 e. The van der Waals surface area contributed by atoms with Gasteiger partial charge in [-0.3, -0.25) is 0 Å². The Morgan fingerprint density at radius 2 is 2.17 bits per heavy atom. The summed E-state index contributed by atoms with van der Waals surface area (Å²) in [5.41, 5.74) is 0. The predicted molar refractivity (Wildman–Crippen MR) is 51.0 cm³/mol. The van der Waals surface area contributed by atoms with Gasteiger partial charge in [-0.15, -0.1) is 0 Å². The third kappa shape index (κ3) is 2.62. The van der Waals surface area contributed by atoms with Crippen molar-refractivity contribution in [3.63, 3.8) is 0 Å². The van der Waals surface area contributed by atoms with E-state index in [0.717, 1.165) is 24.5 Å². The Morgan fingerprint density at radius 3 is 2.75 bits per heavy atom. The molecular weight excluding hydrogens is 148 g/mol. The van der Waals surface area contributed by atoms with Gasteiger partial charge < -0.3 is 4.79 Å². The molecule has 1 heteroatoms. The van der Waals surface area contributed by atoms with Crippen LogP contribution in [0.3, 0.4) is 0 Å². The lowest BCUT2D eigenvalue weighted by atomic mass is 9.75. The Bertz CT molecular complexity index is 140. The molecule has 1 saturated carbocycles. The lowest BCUT2D eigenvalue weighted by molar-refractivity contribution is -0.109. The lowest BCUT2D eigenvalue weighted by Crippen LogP contribution is -2.19. The Morgan fingerprint density at radius 1 is 1.42 bits per heavy atom. The maximum absolute atomic E-state index is 10.3. The second kappa shape index (κ2) is 4.64. The van der Waals surface area contributed by atoms with E-state index in [0.29, 0.717) is 5.92 Å². The van der Waals surface area contributed by atoms with Crippen molar-refractivity contribution in [1.82, 2.24) is 0 Å². The maximum Gasteiger partial charge on any atom is 0.120 e. The van der Waals surface area contributed by atoms with Crippen molar-refractivity contribution in [2.24, 2.45) is 17.8 Å². The predicted octanol–water partition coefficient (Wildman–Crippen LogP) is 3.04. The molecule has 0 radical (unpaired) electrons. The van der Waals surface area contributed by atoms with Crippen LogP contribution in [-0.2, 0) is 4.79 Å². The fraction of sp³-hybridized carbons (Fsp3) is 0.909. The molecule has 1 aliphatic carbocycles. The van der Waals surface area contributed by atoms with E-state index in [9.17, 15) is 4.79 Å². The fourth-order valence-corrected chi connectivity index (χ4v) is 2.29. The first-order valence-electron chi connectivity index (χ1n) is 5.17. The number of hydrogen-bond acceptors (Lipinski definition) is 1. The molecule has 0 aromatic rings. The maximum atomic E-state index is 10.3. The van der Waals surface area contributed by atoms with Crippen molar-refractivity contribution in [2.75, 3.05) is 0 Å². The molecule has 0 aliphatic heterocycles. The second-order valence-electron chi connectivity index (χ2n) is 4.44. The van der Waals surface area contributed by atoms with Crippen LogP contribution < -0.4 is 0 Å². The van der Waals surface area contributed by atoms with Crippen LogP contribution in [0.25, 0.3) is 0 Å². The summed E-state index contributed by atoms with van der Waals surface area (Å²) in [7, 11) is 0. The first-order valence-corrected chi connectivity index (χ1v) is 5.17. The number of hydrogen-bond donors (Lipinski definition) is 0. The van der Waals surface area contributed by atoms with Gasteiger partial charge in [0.05, 0.1) is 0 Å². The van der Waals surface area contributed by atoms with Gasteiger partial charge in [0.1, 0.15) is 6.29 Å². The highest BCUT2D eigenvalue weighted by molar-refractivity contribution is 5.49. The van der Waals surface area contributed by atoms with Gasteiger partial charge in [0.2, 0.25) is 0 Å². The third-order valence-electron chi connectivity index (χ3n) is 3.20. The number of carbonyl (C=O) groups is 1. The van der Waals surface area contributed by atoms with Gasteiger partial charge in [0.15, 0.2) is 0 Å². The van der Waals surface area contributed by atoms with Gasteiger partial charge in [-0.25, -0.2) is 0 Å². The molecule has 0 saturated heterocycles. The fourth-order valence-electron chi connectivity index (χ4n) is 2.29. The minimum absolute atomic E-state index is 0.698. The Kier molecular flexibility index (Phi) is 3.77. The highest BCUT2D eigenvalue weighted by Crippen LogP contribution is 2.34. The summed E-state index contributed by atoms with van der Waals surface area (Å²) in [6.45, 7) is 4.60.